The minimum absolute atomic E-state index is 0.00604. The van der Waals surface area contributed by atoms with E-state index in [1.807, 2.05) is 0 Å². The summed E-state index contributed by atoms with van der Waals surface area (Å²) in [6.45, 7) is 1.26. The normalized spacial score (nSPS) is 15.0. The second kappa shape index (κ2) is 10.5. The Balaban J connectivity index is 1.44. The number of piperazine rings is 1. The van der Waals surface area contributed by atoms with Gasteiger partial charge in [0.25, 0.3) is 0 Å². The number of furan rings is 1. The number of carbonyl (C=O) groups excluding carboxylic acids is 2. The van der Waals surface area contributed by atoms with Crippen LogP contribution in [0.3, 0.4) is 0 Å². The quantitative estimate of drug-likeness (QED) is 0.204. The third-order valence-corrected chi connectivity index (χ3v) is 5.23. The predicted octanol–water partition coefficient (Wildman–Crippen LogP) is 1.09. The number of aliphatic carboxylic acids is 1. The first kappa shape index (κ1) is 22.9. The second-order valence-corrected chi connectivity index (χ2v) is 7.42. The number of amides is 2. The first-order valence-electron chi connectivity index (χ1n) is 10.3. The van der Waals surface area contributed by atoms with Crippen molar-refractivity contribution in [3.05, 3.63) is 54.0 Å². The highest BCUT2D eigenvalue weighted by Crippen LogP contribution is 2.16. The number of nitrogens with zero attached hydrogens (tertiary/aromatic N) is 2. The molecule has 2 amide bonds. The van der Waals surface area contributed by atoms with Crippen LogP contribution < -0.4 is 10.5 Å². The smallest absolute Gasteiger partial charge is 0.326 e. The van der Waals surface area contributed by atoms with Crippen molar-refractivity contribution in [3.63, 3.8) is 0 Å². The Morgan fingerprint density at radius 3 is 2.53 bits per heavy atom. The minimum Gasteiger partial charge on any atom is -0.494 e. The molecule has 1 aliphatic rings. The number of carbonyl (C=O) groups is 3. The molecule has 0 bridgehead atoms. The maximum atomic E-state index is 12.6. The van der Waals surface area contributed by atoms with Gasteiger partial charge in [-0.05, 0) is 49.2 Å². The maximum Gasteiger partial charge on any atom is 0.326 e. The Bertz CT molecular complexity index is 957. The van der Waals surface area contributed by atoms with E-state index in [9.17, 15) is 19.5 Å². The molecule has 10 heteroatoms. The van der Waals surface area contributed by atoms with Crippen LogP contribution in [0.5, 0.6) is 5.75 Å². The van der Waals surface area contributed by atoms with Crippen molar-refractivity contribution in [2.75, 3.05) is 26.2 Å². The van der Waals surface area contributed by atoms with Crippen molar-refractivity contribution in [2.24, 2.45) is 5.73 Å². The third-order valence-electron chi connectivity index (χ3n) is 5.23. The van der Waals surface area contributed by atoms with Gasteiger partial charge in [-0.1, -0.05) is 0 Å². The van der Waals surface area contributed by atoms with E-state index >= 15 is 0 Å². The van der Waals surface area contributed by atoms with Crippen LogP contribution in [-0.2, 0) is 20.8 Å². The number of nitrogens with one attached hydrogen (secondary N) is 1. The van der Waals surface area contributed by atoms with E-state index < -0.39 is 23.8 Å². The number of nitrogens with two attached hydrogens (primary N) is 1. The lowest BCUT2D eigenvalue weighted by atomic mass is 10.1. The van der Waals surface area contributed by atoms with E-state index in [1.165, 1.54) is 11.2 Å². The number of unbranched alkanes of at least 4 members (excludes halogenated alkanes) is 1. The van der Waals surface area contributed by atoms with Crippen molar-refractivity contribution in [1.29, 1.82) is 5.41 Å². The average molecular weight is 442 g/mol. The number of benzene rings is 1. The summed E-state index contributed by atoms with van der Waals surface area (Å²) in [5, 5.41) is 16.9. The number of carboxylic acid groups (broad SMARTS) is 1. The van der Waals surface area contributed by atoms with Gasteiger partial charge in [-0.15, -0.1) is 0 Å². The van der Waals surface area contributed by atoms with Gasteiger partial charge in [0, 0.05) is 31.6 Å². The van der Waals surface area contributed by atoms with Crippen LogP contribution in [0.4, 0.5) is 0 Å². The van der Waals surface area contributed by atoms with Crippen LogP contribution in [0, 0.1) is 5.41 Å². The van der Waals surface area contributed by atoms with Gasteiger partial charge in [0.15, 0.2) is 0 Å². The predicted molar refractivity (Wildman–Crippen MR) is 114 cm³/mol. The number of carboxylic acids is 1. The molecule has 0 saturated carbocycles. The number of ether oxygens (including phenoxy) is 1. The summed E-state index contributed by atoms with van der Waals surface area (Å²) in [4.78, 5) is 39.3. The largest absolute Gasteiger partial charge is 0.494 e. The van der Waals surface area contributed by atoms with Crippen LogP contribution in [0.25, 0.3) is 0 Å². The molecule has 1 unspecified atom stereocenters. The molecule has 2 aromatic rings. The lowest BCUT2D eigenvalue weighted by molar-refractivity contribution is -0.162. The molecule has 32 heavy (non-hydrogen) atoms. The summed E-state index contributed by atoms with van der Waals surface area (Å²) in [6.07, 6.45) is 2.75. The van der Waals surface area contributed by atoms with Crippen molar-refractivity contribution >= 4 is 23.6 Å². The minimum atomic E-state index is -1.18. The first-order chi connectivity index (χ1) is 15.4. The number of amidine groups is 1. The van der Waals surface area contributed by atoms with Crippen LogP contribution >= 0.6 is 0 Å². The van der Waals surface area contributed by atoms with Crippen LogP contribution in [0.2, 0.25) is 0 Å². The van der Waals surface area contributed by atoms with Crippen LogP contribution in [0.15, 0.2) is 47.1 Å². The van der Waals surface area contributed by atoms with Crippen LogP contribution in [-0.4, -0.2) is 70.8 Å². The lowest BCUT2D eigenvalue weighted by Crippen LogP contribution is -2.59. The highest BCUT2D eigenvalue weighted by Gasteiger charge is 2.39. The van der Waals surface area contributed by atoms with Crippen molar-refractivity contribution in [1.82, 2.24) is 9.80 Å². The molecule has 3 rings (SSSR count). The molecule has 1 atom stereocenters. The molecular weight excluding hydrogens is 416 g/mol. The van der Waals surface area contributed by atoms with E-state index in [2.05, 4.69) is 0 Å². The van der Waals surface area contributed by atoms with Gasteiger partial charge in [0.05, 0.1) is 12.9 Å². The van der Waals surface area contributed by atoms with Gasteiger partial charge in [0.1, 0.15) is 23.4 Å². The highest BCUT2D eigenvalue weighted by atomic mass is 16.5. The van der Waals surface area contributed by atoms with E-state index in [4.69, 9.17) is 20.3 Å². The SMILES string of the molecule is N=C(N)c1ccc(OCCCCN2CCN(C(Cc3ccco3)C(=O)O)C(=O)C2=O)cc1. The molecule has 10 nitrogen and oxygen atoms in total. The van der Waals surface area contributed by atoms with Gasteiger partial charge in [-0.2, -0.15) is 0 Å². The summed E-state index contributed by atoms with van der Waals surface area (Å²) in [5.41, 5.74) is 6.03. The molecule has 0 radical (unpaired) electrons. The van der Waals surface area contributed by atoms with Gasteiger partial charge >= 0.3 is 17.8 Å². The molecule has 4 N–H and O–H groups in total. The molecule has 1 saturated heterocycles. The third kappa shape index (κ3) is 5.65. The molecule has 0 spiro atoms. The van der Waals surface area contributed by atoms with Gasteiger partial charge < -0.3 is 29.8 Å². The first-order valence-corrected chi connectivity index (χ1v) is 10.3. The van der Waals surface area contributed by atoms with E-state index in [0.717, 1.165) is 4.90 Å². The Morgan fingerprint density at radius 1 is 1.16 bits per heavy atom. The molecule has 0 aliphatic carbocycles. The summed E-state index contributed by atoms with van der Waals surface area (Å²) in [5.74, 6) is -1.59. The topological polar surface area (TPSA) is 150 Å². The Morgan fingerprint density at radius 2 is 1.91 bits per heavy atom. The fourth-order valence-corrected chi connectivity index (χ4v) is 3.48. The molecular formula is C22H26N4O6. The average Bonchev–Trinajstić information content (AvgIpc) is 3.28. The zero-order valence-electron chi connectivity index (χ0n) is 17.5. The van der Waals surface area contributed by atoms with Crippen LogP contribution in [0.1, 0.15) is 24.2 Å². The summed E-state index contributed by atoms with van der Waals surface area (Å²) in [6, 6.07) is 9.01. The number of hydrogen-bond donors (Lipinski definition) is 3. The Labute approximate surface area is 185 Å². The lowest BCUT2D eigenvalue weighted by Gasteiger charge is -2.36. The number of nitrogen functional groups attached to an aromatic ring is 1. The molecule has 1 aromatic carbocycles. The highest BCUT2D eigenvalue weighted by molar-refractivity contribution is 6.35. The fourth-order valence-electron chi connectivity index (χ4n) is 3.48. The molecule has 170 valence electrons. The Kier molecular flexibility index (Phi) is 7.48. The maximum absolute atomic E-state index is 12.6. The molecule has 1 fully saturated rings. The zero-order valence-corrected chi connectivity index (χ0v) is 17.5. The molecule has 2 heterocycles. The molecule has 1 aromatic heterocycles. The number of rotatable bonds is 11. The van der Waals surface area contributed by atoms with Crippen molar-refractivity contribution in [3.8, 4) is 5.75 Å². The standard InChI is InChI=1S/C22H26N4O6/c23-19(24)15-5-7-16(8-6-15)31-12-2-1-9-25-10-11-26(21(28)20(25)27)18(22(29)30)14-17-4-3-13-32-17/h3-8,13,18H,1-2,9-12,14H2,(H3,23,24)(H,29,30). The monoisotopic (exact) mass is 442 g/mol. The summed E-state index contributed by atoms with van der Waals surface area (Å²) < 4.78 is 10.8. The van der Waals surface area contributed by atoms with Crippen molar-refractivity contribution < 1.29 is 28.6 Å². The Hall–Kier alpha value is -3.82. The number of hydrogen-bond acceptors (Lipinski definition) is 6. The van der Waals surface area contributed by atoms with E-state index in [-0.39, 0.29) is 25.3 Å². The molecule has 1 aliphatic heterocycles. The zero-order chi connectivity index (χ0) is 23.1. The van der Waals surface area contributed by atoms with Gasteiger partial charge in [-0.3, -0.25) is 15.0 Å². The fraction of sp³-hybridized carbons (Fsp3) is 0.364. The van der Waals surface area contributed by atoms with E-state index in [0.29, 0.717) is 43.1 Å². The summed E-state index contributed by atoms with van der Waals surface area (Å²) >= 11 is 0. The summed E-state index contributed by atoms with van der Waals surface area (Å²) in [7, 11) is 0. The second-order valence-electron chi connectivity index (χ2n) is 7.42. The van der Waals surface area contributed by atoms with E-state index in [1.54, 1.807) is 36.4 Å². The van der Waals surface area contributed by atoms with Gasteiger partial charge in [-0.25, -0.2) is 4.79 Å². The van der Waals surface area contributed by atoms with Crippen molar-refractivity contribution in [2.45, 2.75) is 25.3 Å². The van der Waals surface area contributed by atoms with Gasteiger partial charge in [0.2, 0.25) is 0 Å².